The summed E-state index contributed by atoms with van der Waals surface area (Å²) in [5.74, 6) is 0.767. The molecule has 0 spiro atoms. The first-order valence-electron chi connectivity index (χ1n) is 4.06. The molecule has 0 amide bonds. The van der Waals surface area contributed by atoms with Crippen molar-refractivity contribution in [2.24, 2.45) is 0 Å². The van der Waals surface area contributed by atoms with Crippen LogP contribution in [0.5, 0.6) is 0 Å². The first-order chi connectivity index (χ1) is 7.65. The molecule has 2 aromatic heterocycles. The third kappa shape index (κ3) is 4.47. The molecule has 2 aromatic rings. The summed E-state index contributed by atoms with van der Waals surface area (Å²) in [6.45, 7) is 0. The summed E-state index contributed by atoms with van der Waals surface area (Å²) in [5.41, 5.74) is 0. The van der Waals surface area contributed by atoms with Crippen LogP contribution in [-0.2, 0) is 0 Å². The smallest absolute Gasteiger partial charge is 0.185 e. The van der Waals surface area contributed by atoms with Crippen molar-refractivity contribution >= 4 is 57.8 Å². The van der Waals surface area contributed by atoms with Gasteiger partial charge in [0.25, 0.3) is 0 Å². The van der Waals surface area contributed by atoms with Crippen LogP contribution in [0.3, 0.4) is 0 Å². The van der Waals surface area contributed by atoms with Gasteiger partial charge in [0.05, 0.1) is 0 Å². The molecule has 0 saturated carbocycles. The molecule has 0 aliphatic heterocycles. The van der Waals surface area contributed by atoms with Gasteiger partial charge in [-0.1, -0.05) is 0 Å². The van der Waals surface area contributed by atoms with Crippen molar-refractivity contribution < 1.29 is 18.4 Å². The van der Waals surface area contributed by atoms with E-state index in [9.17, 15) is 9.59 Å². The predicted octanol–water partition coefficient (Wildman–Crippen LogP) is 3.39. The molecule has 0 aliphatic rings. The lowest BCUT2D eigenvalue weighted by Crippen LogP contribution is -1.66. The number of rotatable bonds is 2. The number of aldehydes is 2. The maximum absolute atomic E-state index is 9.92. The van der Waals surface area contributed by atoms with Gasteiger partial charge in [0.15, 0.2) is 31.6 Å². The van der Waals surface area contributed by atoms with Gasteiger partial charge >= 0.3 is 0 Å². The van der Waals surface area contributed by atoms with E-state index in [2.05, 4.69) is 0 Å². The highest BCUT2D eigenvalue weighted by Gasteiger charge is 1.93. The number of carbonyl (C=O) groups is 2. The van der Waals surface area contributed by atoms with Gasteiger partial charge in [-0.3, -0.25) is 9.59 Å². The van der Waals surface area contributed by atoms with Crippen LogP contribution >= 0.6 is 45.2 Å². The maximum Gasteiger partial charge on any atom is 0.185 e. The van der Waals surface area contributed by atoms with Crippen LogP contribution in [0.25, 0.3) is 0 Å². The number of carbonyl (C=O) groups excluding carboxylic acids is 2. The van der Waals surface area contributed by atoms with E-state index in [1.807, 2.05) is 45.2 Å². The van der Waals surface area contributed by atoms with Crippen LogP contribution in [0.15, 0.2) is 33.1 Å². The van der Waals surface area contributed by atoms with Crippen LogP contribution in [0.2, 0.25) is 0 Å². The highest BCUT2D eigenvalue weighted by molar-refractivity contribution is 14.1. The Morgan fingerprint density at radius 2 is 1.19 bits per heavy atom. The van der Waals surface area contributed by atoms with Gasteiger partial charge in [0.1, 0.15) is 0 Å². The molecule has 0 atom stereocenters. The zero-order valence-corrected chi connectivity index (χ0v) is 12.2. The van der Waals surface area contributed by atoms with Crippen molar-refractivity contribution in [3.63, 3.8) is 0 Å². The van der Waals surface area contributed by atoms with Crippen LogP contribution in [-0.4, -0.2) is 12.6 Å². The SMILES string of the molecule is O=Cc1ccc(I)o1.O=Cc1ccc(I)o1. The Kier molecular flexibility index (Phi) is 5.74. The van der Waals surface area contributed by atoms with Crippen molar-refractivity contribution in [3.05, 3.63) is 43.3 Å². The molecule has 6 heteroatoms. The first-order valence-corrected chi connectivity index (χ1v) is 6.22. The van der Waals surface area contributed by atoms with Gasteiger partial charge in [0.2, 0.25) is 0 Å². The van der Waals surface area contributed by atoms with E-state index < -0.39 is 0 Å². The largest absolute Gasteiger partial charge is 0.448 e. The molecule has 2 heterocycles. The lowest BCUT2D eigenvalue weighted by molar-refractivity contribution is 0.109. The number of hydrogen-bond donors (Lipinski definition) is 0. The minimum atomic E-state index is 0.384. The fourth-order valence-corrected chi connectivity index (χ4v) is 1.65. The van der Waals surface area contributed by atoms with Crippen LogP contribution in [0.4, 0.5) is 0 Å². The van der Waals surface area contributed by atoms with Crippen LogP contribution < -0.4 is 0 Å². The van der Waals surface area contributed by atoms with Gasteiger partial charge in [-0.15, -0.1) is 0 Å². The quantitative estimate of drug-likeness (QED) is 0.527. The number of hydrogen-bond acceptors (Lipinski definition) is 4. The van der Waals surface area contributed by atoms with Crippen molar-refractivity contribution in [1.29, 1.82) is 0 Å². The Morgan fingerprint density at radius 3 is 1.31 bits per heavy atom. The maximum atomic E-state index is 9.92. The van der Waals surface area contributed by atoms with E-state index in [-0.39, 0.29) is 0 Å². The van der Waals surface area contributed by atoms with Gasteiger partial charge in [-0.2, -0.15) is 0 Å². The monoisotopic (exact) mass is 444 g/mol. The summed E-state index contributed by atoms with van der Waals surface area (Å²) in [5, 5.41) is 0. The summed E-state index contributed by atoms with van der Waals surface area (Å²) >= 11 is 4.00. The molecule has 0 aromatic carbocycles. The van der Waals surface area contributed by atoms with Gasteiger partial charge in [-0.05, 0) is 69.4 Å². The second-order valence-corrected chi connectivity index (χ2v) is 4.65. The normalized spacial score (nSPS) is 9.12. The third-order valence-electron chi connectivity index (χ3n) is 1.42. The molecule has 0 aliphatic carbocycles. The van der Waals surface area contributed by atoms with E-state index in [0.717, 1.165) is 7.53 Å². The first kappa shape index (κ1) is 13.4. The highest BCUT2D eigenvalue weighted by Crippen LogP contribution is 2.07. The Morgan fingerprint density at radius 1 is 0.812 bits per heavy atom. The summed E-state index contributed by atoms with van der Waals surface area (Å²) in [4.78, 5) is 19.8. The standard InChI is InChI=1S/2C5H3IO2/c2*6-5-2-1-4(3-7)8-5/h2*1-3H. The average Bonchev–Trinajstić information content (AvgIpc) is 2.88. The average molecular weight is 444 g/mol. The Bertz CT molecular complexity index is 428. The van der Waals surface area contributed by atoms with Crippen molar-refractivity contribution in [2.45, 2.75) is 0 Å². The Balaban J connectivity index is 0.000000160. The predicted molar refractivity (Wildman–Crippen MR) is 73.6 cm³/mol. The summed E-state index contributed by atoms with van der Waals surface area (Å²) in [7, 11) is 0. The molecule has 0 saturated heterocycles. The van der Waals surface area contributed by atoms with Crippen molar-refractivity contribution in [1.82, 2.24) is 0 Å². The summed E-state index contributed by atoms with van der Waals surface area (Å²) in [6, 6.07) is 6.75. The van der Waals surface area contributed by atoms with Crippen molar-refractivity contribution in [3.8, 4) is 0 Å². The fourth-order valence-electron chi connectivity index (χ4n) is 0.783. The zero-order valence-electron chi connectivity index (χ0n) is 7.85. The molecule has 2 rings (SSSR count). The summed E-state index contributed by atoms with van der Waals surface area (Å²) in [6.07, 6.45) is 1.37. The van der Waals surface area contributed by atoms with Gasteiger partial charge < -0.3 is 8.83 Å². The minimum Gasteiger partial charge on any atom is -0.448 e. The molecular weight excluding hydrogens is 438 g/mol. The molecular formula is C10H6I2O4. The van der Waals surface area contributed by atoms with Gasteiger partial charge in [0, 0.05) is 0 Å². The fraction of sp³-hybridized carbons (Fsp3) is 0. The number of furan rings is 2. The van der Waals surface area contributed by atoms with Gasteiger partial charge in [-0.25, -0.2) is 0 Å². The topological polar surface area (TPSA) is 60.4 Å². The van der Waals surface area contributed by atoms with Crippen LogP contribution in [0.1, 0.15) is 21.1 Å². The summed E-state index contributed by atoms with van der Waals surface area (Å²) < 4.78 is 11.2. The molecule has 4 nitrogen and oxygen atoms in total. The molecule has 0 bridgehead atoms. The Hall–Kier alpha value is -0.640. The molecule has 0 fully saturated rings. The highest BCUT2D eigenvalue weighted by atomic mass is 127. The molecule has 0 N–H and O–H groups in total. The lowest BCUT2D eigenvalue weighted by Gasteiger charge is -1.74. The minimum absolute atomic E-state index is 0.384. The van der Waals surface area contributed by atoms with E-state index in [1.165, 1.54) is 0 Å². The van der Waals surface area contributed by atoms with E-state index in [0.29, 0.717) is 24.1 Å². The second-order valence-electron chi connectivity index (χ2n) is 2.52. The van der Waals surface area contributed by atoms with E-state index in [1.54, 1.807) is 24.3 Å². The lowest BCUT2D eigenvalue weighted by atomic mass is 10.5. The van der Waals surface area contributed by atoms with Crippen molar-refractivity contribution in [2.75, 3.05) is 0 Å². The molecule has 0 radical (unpaired) electrons. The molecule has 84 valence electrons. The Labute approximate surface area is 119 Å². The molecule has 0 unspecified atom stereocenters. The molecule has 16 heavy (non-hydrogen) atoms. The zero-order chi connectivity index (χ0) is 12.0. The van der Waals surface area contributed by atoms with E-state index in [4.69, 9.17) is 8.83 Å². The van der Waals surface area contributed by atoms with E-state index >= 15 is 0 Å². The van der Waals surface area contributed by atoms with Crippen LogP contribution in [0, 0.1) is 7.53 Å². The second kappa shape index (κ2) is 6.84. The number of halogens is 2. The third-order valence-corrected chi connectivity index (χ3v) is 2.58.